The van der Waals surface area contributed by atoms with E-state index in [2.05, 4.69) is 15.2 Å². The summed E-state index contributed by atoms with van der Waals surface area (Å²) in [4.78, 5) is 3.89. The lowest BCUT2D eigenvalue weighted by Gasteiger charge is -1.85. The average Bonchev–Trinajstić information content (AvgIpc) is 1.77. The highest BCUT2D eigenvalue weighted by Crippen LogP contribution is 1.91. The molecule has 4 heteroatoms. The molecule has 0 fully saturated rings. The van der Waals surface area contributed by atoms with Gasteiger partial charge in [0, 0.05) is 22.6 Å². The third kappa shape index (κ3) is 1.36. The van der Waals surface area contributed by atoms with Gasteiger partial charge in [0.25, 0.3) is 0 Å². The number of nitrogens with zero attached hydrogens (tertiary/aromatic N) is 3. The number of aryl methyl sites for hydroxylation is 1. The van der Waals surface area contributed by atoms with Crippen LogP contribution in [0.2, 0.25) is 0 Å². The minimum atomic E-state index is 0.688. The Kier molecular flexibility index (Phi) is 1.72. The van der Waals surface area contributed by atoms with E-state index in [4.69, 9.17) is 0 Å². The monoisotopic (exact) mass is 221 g/mol. The van der Waals surface area contributed by atoms with Gasteiger partial charge in [-0.2, -0.15) is 5.10 Å². The van der Waals surface area contributed by atoms with Crippen molar-refractivity contribution in [3.8, 4) is 0 Å². The summed E-state index contributed by atoms with van der Waals surface area (Å²) in [6.07, 6.45) is 1.69. The molecule has 0 radical (unpaired) electrons. The average molecular weight is 221 g/mol. The van der Waals surface area contributed by atoms with E-state index in [-0.39, 0.29) is 0 Å². The summed E-state index contributed by atoms with van der Waals surface area (Å²) in [5, 5.41) is 7.46. The van der Waals surface area contributed by atoms with E-state index in [0.29, 0.717) is 3.83 Å². The second-order valence-corrected chi connectivity index (χ2v) is 2.33. The number of hydrogen-bond donors (Lipinski definition) is 0. The van der Waals surface area contributed by atoms with Gasteiger partial charge in [-0.15, -0.1) is 5.10 Å². The molecule has 0 N–H and O–H groups in total. The lowest BCUT2D eigenvalue weighted by atomic mass is 10.6. The Labute approximate surface area is 60.7 Å². The van der Waals surface area contributed by atoms with Crippen molar-refractivity contribution < 1.29 is 0 Å². The van der Waals surface area contributed by atoms with Crippen LogP contribution in [0.1, 0.15) is 5.69 Å². The van der Waals surface area contributed by atoms with E-state index >= 15 is 0 Å². The van der Waals surface area contributed by atoms with Gasteiger partial charge in [-0.1, -0.05) is 0 Å². The van der Waals surface area contributed by atoms with Crippen molar-refractivity contribution in [3.05, 3.63) is 15.7 Å². The highest BCUT2D eigenvalue weighted by Gasteiger charge is 1.86. The van der Waals surface area contributed by atoms with Gasteiger partial charge >= 0.3 is 0 Å². The molecule has 0 saturated carbocycles. The summed E-state index contributed by atoms with van der Waals surface area (Å²) in [6, 6.07) is 0. The van der Waals surface area contributed by atoms with E-state index in [1.165, 1.54) is 0 Å². The Balaban J connectivity index is 3.03. The molecule has 0 atom stereocenters. The fourth-order valence-electron chi connectivity index (χ4n) is 0.318. The predicted octanol–water partition coefficient (Wildman–Crippen LogP) is 0.785. The highest BCUT2D eigenvalue weighted by atomic mass is 127. The van der Waals surface area contributed by atoms with Crippen LogP contribution in [0.25, 0.3) is 0 Å². The first-order valence-corrected chi connectivity index (χ1v) is 3.19. The Bertz CT molecular complexity index is 150. The van der Waals surface area contributed by atoms with Gasteiger partial charge in [0.15, 0.2) is 0 Å². The molecule has 0 amide bonds. The lowest BCUT2D eigenvalue weighted by molar-refractivity contribution is 0.893. The van der Waals surface area contributed by atoms with Gasteiger partial charge < -0.3 is 0 Å². The molecule has 0 saturated heterocycles. The van der Waals surface area contributed by atoms with Crippen molar-refractivity contribution in [1.82, 2.24) is 15.2 Å². The minimum absolute atomic E-state index is 0.688. The summed E-state index contributed by atoms with van der Waals surface area (Å²) in [5.74, 6) is 0. The molecule has 3 nitrogen and oxygen atoms in total. The highest BCUT2D eigenvalue weighted by molar-refractivity contribution is 14.1. The topological polar surface area (TPSA) is 38.7 Å². The molecular formula is C4H4IN3. The van der Waals surface area contributed by atoms with Crippen LogP contribution in [-0.2, 0) is 0 Å². The maximum absolute atomic E-state index is 3.89. The summed E-state index contributed by atoms with van der Waals surface area (Å²) >= 11 is 2.01. The second-order valence-electron chi connectivity index (χ2n) is 1.37. The SMILES string of the molecule is Cc1cnc(I)nn1. The molecule has 1 heterocycles. The van der Waals surface area contributed by atoms with E-state index in [0.717, 1.165) is 5.69 Å². The summed E-state index contributed by atoms with van der Waals surface area (Å²) in [6.45, 7) is 1.86. The van der Waals surface area contributed by atoms with E-state index in [1.54, 1.807) is 6.20 Å². The number of aromatic nitrogens is 3. The molecular weight excluding hydrogens is 217 g/mol. The molecule has 0 aliphatic heterocycles. The number of halogens is 1. The van der Waals surface area contributed by atoms with Gasteiger partial charge in [-0.25, -0.2) is 4.98 Å². The molecule has 0 spiro atoms. The Morgan fingerprint density at radius 3 is 2.62 bits per heavy atom. The van der Waals surface area contributed by atoms with Gasteiger partial charge in [0.2, 0.25) is 3.83 Å². The van der Waals surface area contributed by atoms with E-state index in [9.17, 15) is 0 Å². The van der Waals surface area contributed by atoms with Gasteiger partial charge in [0.05, 0.1) is 11.9 Å². The Hall–Kier alpha value is -0.260. The van der Waals surface area contributed by atoms with Crippen LogP contribution in [0.4, 0.5) is 0 Å². The van der Waals surface area contributed by atoms with Crippen LogP contribution in [0, 0.1) is 10.8 Å². The van der Waals surface area contributed by atoms with E-state index in [1.807, 2.05) is 29.5 Å². The molecule has 0 aliphatic carbocycles. The molecule has 42 valence electrons. The Morgan fingerprint density at radius 2 is 2.25 bits per heavy atom. The van der Waals surface area contributed by atoms with Crippen molar-refractivity contribution in [3.63, 3.8) is 0 Å². The summed E-state index contributed by atoms with van der Waals surface area (Å²) in [5.41, 5.74) is 0.852. The molecule has 8 heavy (non-hydrogen) atoms. The van der Waals surface area contributed by atoms with Crippen LogP contribution >= 0.6 is 22.6 Å². The fourth-order valence-corrected chi connectivity index (χ4v) is 0.566. The summed E-state index contributed by atoms with van der Waals surface area (Å²) in [7, 11) is 0. The number of hydrogen-bond acceptors (Lipinski definition) is 3. The molecule has 1 aromatic rings. The molecule has 0 unspecified atom stereocenters. The molecule has 0 aliphatic rings. The predicted molar refractivity (Wildman–Crippen MR) is 37.3 cm³/mol. The summed E-state index contributed by atoms with van der Waals surface area (Å²) < 4.78 is 0.688. The van der Waals surface area contributed by atoms with Gasteiger partial charge in [-0.3, -0.25) is 0 Å². The first kappa shape index (κ1) is 5.87. The van der Waals surface area contributed by atoms with Crippen molar-refractivity contribution >= 4 is 22.6 Å². The van der Waals surface area contributed by atoms with E-state index < -0.39 is 0 Å². The molecule has 1 aromatic heterocycles. The number of rotatable bonds is 0. The third-order valence-corrected chi connectivity index (χ3v) is 1.14. The van der Waals surface area contributed by atoms with Crippen LogP contribution in [0.5, 0.6) is 0 Å². The van der Waals surface area contributed by atoms with Crippen LogP contribution < -0.4 is 0 Å². The van der Waals surface area contributed by atoms with Crippen molar-refractivity contribution in [2.45, 2.75) is 6.92 Å². The third-order valence-electron chi connectivity index (χ3n) is 0.648. The van der Waals surface area contributed by atoms with Crippen LogP contribution in [0.15, 0.2) is 6.20 Å². The zero-order valence-corrected chi connectivity index (χ0v) is 6.45. The van der Waals surface area contributed by atoms with Crippen molar-refractivity contribution in [2.75, 3.05) is 0 Å². The maximum Gasteiger partial charge on any atom is 0.212 e. The zero-order chi connectivity index (χ0) is 5.98. The van der Waals surface area contributed by atoms with Gasteiger partial charge in [0.1, 0.15) is 0 Å². The first-order valence-electron chi connectivity index (χ1n) is 2.11. The first-order chi connectivity index (χ1) is 3.79. The van der Waals surface area contributed by atoms with Crippen LogP contribution in [-0.4, -0.2) is 15.2 Å². The lowest BCUT2D eigenvalue weighted by Crippen LogP contribution is -1.91. The normalized spacial score (nSPS) is 9.25. The maximum atomic E-state index is 3.89. The molecule has 0 aromatic carbocycles. The fraction of sp³-hybridized carbons (Fsp3) is 0.250. The van der Waals surface area contributed by atoms with Crippen molar-refractivity contribution in [1.29, 1.82) is 0 Å². The zero-order valence-electron chi connectivity index (χ0n) is 4.30. The molecule has 1 rings (SSSR count). The minimum Gasteiger partial charge on any atom is -0.228 e. The smallest absolute Gasteiger partial charge is 0.212 e. The van der Waals surface area contributed by atoms with Gasteiger partial charge in [-0.05, 0) is 6.92 Å². The standard InChI is InChI=1S/C4H4IN3/c1-3-2-6-4(5)8-7-3/h2H,1H3. The second kappa shape index (κ2) is 2.34. The quantitative estimate of drug-likeness (QED) is 0.607. The molecule has 0 bridgehead atoms. The van der Waals surface area contributed by atoms with Crippen LogP contribution in [0.3, 0.4) is 0 Å². The Morgan fingerprint density at radius 1 is 1.50 bits per heavy atom. The van der Waals surface area contributed by atoms with Crippen molar-refractivity contribution in [2.24, 2.45) is 0 Å². The largest absolute Gasteiger partial charge is 0.228 e.